The lowest BCUT2D eigenvalue weighted by Crippen LogP contribution is -1.97. The third-order valence-electron chi connectivity index (χ3n) is 5.79. The van der Waals surface area contributed by atoms with Crippen molar-refractivity contribution in [3.63, 3.8) is 0 Å². The maximum atomic E-state index is 12.8. The molecule has 8 heteroatoms. The van der Waals surface area contributed by atoms with Gasteiger partial charge in [-0.05, 0) is 35.4 Å². The first kappa shape index (κ1) is 25.7. The zero-order valence-corrected chi connectivity index (χ0v) is 21.7. The summed E-state index contributed by atoms with van der Waals surface area (Å²) in [6, 6.07) is 14.9. The van der Waals surface area contributed by atoms with Crippen molar-refractivity contribution in [2.75, 3.05) is 33.8 Å². The van der Waals surface area contributed by atoms with E-state index in [1.807, 2.05) is 48.6 Å². The van der Waals surface area contributed by atoms with Crippen molar-refractivity contribution in [2.45, 2.75) is 0 Å². The Morgan fingerprint density at radius 2 is 1.59 bits per heavy atom. The number of aromatic nitrogens is 1. The summed E-state index contributed by atoms with van der Waals surface area (Å²) in [5, 5.41) is 4.51. The van der Waals surface area contributed by atoms with E-state index in [0.29, 0.717) is 39.3 Å². The molecule has 3 aromatic carbocycles. The Balaban J connectivity index is 1.62. The minimum atomic E-state index is -0.125. The summed E-state index contributed by atoms with van der Waals surface area (Å²) < 4.78 is 21.7. The van der Waals surface area contributed by atoms with Crippen molar-refractivity contribution in [3.05, 3.63) is 88.7 Å². The first-order chi connectivity index (χ1) is 18.0. The molecule has 37 heavy (non-hydrogen) atoms. The average molecular weight is 519 g/mol. The fourth-order valence-corrected chi connectivity index (χ4v) is 4.19. The second kappa shape index (κ2) is 11.6. The van der Waals surface area contributed by atoms with Crippen LogP contribution in [0.15, 0.2) is 67.0 Å². The number of hydrogen-bond donors (Lipinski definition) is 2. The number of fused-ring (bicyclic) bond motifs is 1. The lowest BCUT2D eigenvalue weighted by atomic mass is 10.1. The van der Waals surface area contributed by atoms with Crippen LogP contribution in [0.2, 0.25) is 5.02 Å². The fraction of sp³-hybridized carbons (Fsp3) is 0.138. The molecule has 0 aliphatic carbocycles. The maximum absolute atomic E-state index is 12.8. The van der Waals surface area contributed by atoms with Crippen LogP contribution in [-0.4, -0.2) is 39.2 Å². The first-order valence-corrected chi connectivity index (χ1v) is 11.8. The summed E-state index contributed by atoms with van der Waals surface area (Å²) >= 11 is 6.41. The molecule has 7 nitrogen and oxygen atoms in total. The summed E-state index contributed by atoms with van der Waals surface area (Å²) in [5.41, 5.74) is 3.83. The molecule has 0 saturated carbocycles. The van der Waals surface area contributed by atoms with Gasteiger partial charge in [0.05, 0.1) is 33.5 Å². The lowest BCUT2D eigenvalue weighted by molar-refractivity contribution is 0.104. The van der Waals surface area contributed by atoms with Gasteiger partial charge in [0, 0.05) is 46.7 Å². The summed E-state index contributed by atoms with van der Waals surface area (Å²) in [7, 11) is 6.25. The highest BCUT2D eigenvalue weighted by Gasteiger charge is 2.13. The van der Waals surface area contributed by atoms with E-state index in [0.717, 1.165) is 22.0 Å². The zero-order chi connectivity index (χ0) is 26.4. The largest absolute Gasteiger partial charge is 0.495 e. The van der Waals surface area contributed by atoms with Crippen molar-refractivity contribution >= 4 is 46.1 Å². The fourth-order valence-electron chi connectivity index (χ4n) is 3.94. The number of carbonyl (C=O) groups is 1. The number of halogens is 1. The van der Waals surface area contributed by atoms with Gasteiger partial charge in [-0.1, -0.05) is 42.0 Å². The quantitative estimate of drug-likeness (QED) is 0.136. The Bertz CT molecular complexity index is 1460. The molecule has 0 unspecified atom stereocenters. The topological polar surface area (TPSA) is 81.8 Å². The van der Waals surface area contributed by atoms with E-state index in [9.17, 15) is 4.79 Å². The minimum absolute atomic E-state index is 0.125. The number of hydrogen-bond acceptors (Lipinski definition) is 6. The van der Waals surface area contributed by atoms with Gasteiger partial charge in [0.25, 0.3) is 0 Å². The number of benzene rings is 3. The highest BCUT2D eigenvalue weighted by atomic mass is 35.5. The number of aromatic amines is 1. The molecule has 0 aliphatic rings. The molecule has 0 bridgehead atoms. The van der Waals surface area contributed by atoms with E-state index in [1.54, 1.807) is 53.0 Å². The Kier molecular flexibility index (Phi) is 8.05. The van der Waals surface area contributed by atoms with Crippen molar-refractivity contribution in [1.82, 2.24) is 4.98 Å². The molecule has 2 N–H and O–H groups in total. The smallest absolute Gasteiger partial charge is 0.203 e. The molecule has 1 heterocycles. The Morgan fingerprint density at radius 1 is 0.892 bits per heavy atom. The summed E-state index contributed by atoms with van der Waals surface area (Å²) in [6.45, 7) is 0. The Hall–Kier alpha value is -4.36. The molecular formula is C29H27ClN2O5. The van der Waals surface area contributed by atoms with Crippen LogP contribution in [0.3, 0.4) is 0 Å². The highest BCUT2D eigenvalue weighted by Crippen LogP contribution is 2.39. The van der Waals surface area contributed by atoms with Gasteiger partial charge in [-0.15, -0.1) is 0 Å². The summed E-state index contributed by atoms with van der Waals surface area (Å²) in [6.07, 6.45) is 8.60. The van der Waals surface area contributed by atoms with Crippen LogP contribution in [0.4, 0.5) is 5.69 Å². The first-order valence-electron chi connectivity index (χ1n) is 11.4. The van der Waals surface area contributed by atoms with Gasteiger partial charge >= 0.3 is 0 Å². The molecule has 0 atom stereocenters. The van der Waals surface area contributed by atoms with Crippen LogP contribution in [0.1, 0.15) is 21.5 Å². The van der Waals surface area contributed by atoms with Crippen LogP contribution < -0.4 is 24.3 Å². The van der Waals surface area contributed by atoms with E-state index in [2.05, 4.69) is 10.3 Å². The van der Waals surface area contributed by atoms with Gasteiger partial charge in [0.2, 0.25) is 5.75 Å². The molecule has 4 rings (SSSR count). The molecule has 0 radical (unpaired) electrons. The van der Waals surface area contributed by atoms with Gasteiger partial charge in [-0.3, -0.25) is 4.79 Å². The van der Waals surface area contributed by atoms with Crippen molar-refractivity contribution in [1.29, 1.82) is 0 Å². The number of allylic oxidation sites excluding steroid dienone is 1. The van der Waals surface area contributed by atoms with Crippen LogP contribution in [0.5, 0.6) is 23.0 Å². The predicted molar refractivity (Wildman–Crippen MR) is 148 cm³/mol. The zero-order valence-electron chi connectivity index (χ0n) is 20.9. The number of rotatable bonds is 10. The van der Waals surface area contributed by atoms with Crippen LogP contribution in [0.25, 0.3) is 23.1 Å². The van der Waals surface area contributed by atoms with E-state index in [-0.39, 0.29) is 5.78 Å². The number of ketones is 1. The minimum Gasteiger partial charge on any atom is -0.495 e. The molecule has 0 saturated heterocycles. The SMILES string of the molecule is COc1cc(N/C=C\C(=O)c2c[nH]c3ccccc23)c(/C=C\c2cc(OC)c(OC)c(OC)c2)cc1Cl. The number of H-pyrrole nitrogens is 1. The molecule has 190 valence electrons. The Labute approximate surface area is 220 Å². The van der Waals surface area contributed by atoms with E-state index >= 15 is 0 Å². The van der Waals surface area contributed by atoms with Crippen molar-refractivity contribution in [3.8, 4) is 23.0 Å². The van der Waals surface area contributed by atoms with Crippen LogP contribution in [-0.2, 0) is 0 Å². The maximum Gasteiger partial charge on any atom is 0.203 e. The van der Waals surface area contributed by atoms with Crippen molar-refractivity contribution < 1.29 is 23.7 Å². The van der Waals surface area contributed by atoms with Gasteiger partial charge < -0.3 is 29.2 Å². The molecule has 0 fully saturated rings. The second-order valence-corrected chi connectivity index (χ2v) is 8.36. The third-order valence-corrected chi connectivity index (χ3v) is 6.09. The predicted octanol–water partition coefficient (Wildman–Crippen LogP) is 6.83. The van der Waals surface area contributed by atoms with Crippen LogP contribution >= 0.6 is 11.6 Å². The monoisotopic (exact) mass is 518 g/mol. The molecule has 0 aliphatic heterocycles. The molecular weight excluding hydrogens is 492 g/mol. The Morgan fingerprint density at radius 3 is 2.27 bits per heavy atom. The second-order valence-electron chi connectivity index (χ2n) is 7.96. The normalized spacial score (nSPS) is 11.3. The number of anilines is 1. The van der Waals surface area contributed by atoms with E-state index in [1.165, 1.54) is 6.08 Å². The molecule has 1 aromatic heterocycles. The number of nitrogens with one attached hydrogen (secondary N) is 2. The third kappa shape index (κ3) is 5.57. The van der Waals surface area contributed by atoms with Crippen molar-refractivity contribution in [2.24, 2.45) is 0 Å². The van der Waals surface area contributed by atoms with Gasteiger partial charge in [-0.25, -0.2) is 0 Å². The number of carbonyl (C=O) groups excluding carboxylic acids is 1. The summed E-state index contributed by atoms with van der Waals surface area (Å²) in [4.78, 5) is 15.9. The lowest BCUT2D eigenvalue weighted by Gasteiger charge is -2.13. The number of para-hydroxylation sites is 1. The molecule has 0 amide bonds. The van der Waals surface area contributed by atoms with E-state index in [4.69, 9.17) is 30.5 Å². The number of ether oxygens (including phenoxy) is 4. The van der Waals surface area contributed by atoms with Gasteiger partial charge in [0.15, 0.2) is 17.3 Å². The molecule has 4 aromatic rings. The standard InChI is InChI=1S/C29H27ClN2O5/c1-34-26-16-24(31-12-11-25(33)21-17-32-23-8-6-5-7-20(21)23)19(15-22(26)30)10-9-18-13-27(35-2)29(37-4)28(14-18)36-3/h5-17,31-32H,1-4H3/b10-9-,12-11-. The van der Waals surface area contributed by atoms with Crippen LogP contribution in [0, 0.1) is 0 Å². The van der Waals surface area contributed by atoms with E-state index < -0.39 is 0 Å². The van der Waals surface area contributed by atoms with Gasteiger partial charge in [-0.2, -0.15) is 0 Å². The van der Waals surface area contributed by atoms with Gasteiger partial charge in [0.1, 0.15) is 5.75 Å². The highest BCUT2D eigenvalue weighted by molar-refractivity contribution is 6.32. The molecule has 0 spiro atoms. The average Bonchev–Trinajstić information content (AvgIpc) is 3.36. The summed E-state index contributed by atoms with van der Waals surface area (Å²) in [5.74, 6) is 1.99. The number of methoxy groups -OCH3 is 4.